The lowest BCUT2D eigenvalue weighted by atomic mass is 9.84. The minimum atomic E-state index is -0.768. The molecule has 2 aliphatic carbocycles. The number of methoxy groups -OCH3 is 1. The second-order valence-electron chi connectivity index (χ2n) is 8.04. The number of nitrogens with one attached hydrogen (secondary N) is 1. The van der Waals surface area contributed by atoms with Crippen molar-refractivity contribution >= 4 is 11.9 Å². The number of carboxylic acids is 1. The molecule has 6 heteroatoms. The van der Waals surface area contributed by atoms with Crippen molar-refractivity contribution < 1.29 is 19.4 Å². The van der Waals surface area contributed by atoms with Gasteiger partial charge in [0, 0.05) is 25.0 Å². The molecule has 2 aliphatic rings. The van der Waals surface area contributed by atoms with E-state index in [1.54, 1.807) is 7.11 Å². The molecule has 0 aromatic heterocycles. The largest absolute Gasteiger partial charge is 0.497 e. The summed E-state index contributed by atoms with van der Waals surface area (Å²) in [5.41, 5.74) is 1.09. The van der Waals surface area contributed by atoms with Crippen molar-refractivity contribution in [3.05, 3.63) is 29.8 Å². The number of carbonyl (C=O) groups excluding carboxylic acids is 1. The molecule has 0 saturated heterocycles. The first-order valence-electron chi connectivity index (χ1n) is 9.83. The minimum Gasteiger partial charge on any atom is -0.497 e. The summed E-state index contributed by atoms with van der Waals surface area (Å²) in [6.45, 7) is 3.03. The Hall–Kier alpha value is -2.08. The van der Waals surface area contributed by atoms with Crippen LogP contribution in [0.5, 0.6) is 5.75 Å². The number of amides is 1. The predicted octanol–water partition coefficient (Wildman–Crippen LogP) is 2.63. The minimum absolute atomic E-state index is 0.0562. The van der Waals surface area contributed by atoms with Gasteiger partial charge in [-0.1, -0.05) is 19.1 Å². The molecule has 1 aromatic rings. The second kappa shape index (κ2) is 8.74. The summed E-state index contributed by atoms with van der Waals surface area (Å²) in [7, 11) is 1.64. The molecular weight excluding hydrogens is 344 g/mol. The third kappa shape index (κ3) is 5.70. The number of nitrogens with zero attached hydrogens (tertiary/aromatic N) is 1. The fourth-order valence-electron chi connectivity index (χ4n) is 3.78. The summed E-state index contributed by atoms with van der Waals surface area (Å²) in [6, 6.07) is 8.27. The van der Waals surface area contributed by atoms with Gasteiger partial charge < -0.3 is 15.2 Å². The SMILES string of the molecule is COc1cccc(C(C)CC(=O)NC2CC(N(CC(=O)O)CC3CC3)C2)c1. The molecule has 0 aliphatic heterocycles. The Labute approximate surface area is 160 Å². The van der Waals surface area contributed by atoms with Crippen LogP contribution < -0.4 is 10.1 Å². The van der Waals surface area contributed by atoms with Gasteiger partial charge in [-0.25, -0.2) is 0 Å². The number of hydrogen-bond donors (Lipinski definition) is 2. The van der Waals surface area contributed by atoms with E-state index in [0.717, 1.165) is 30.7 Å². The van der Waals surface area contributed by atoms with Gasteiger partial charge in [0.15, 0.2) is 0 Å². The Morgan fingerprint density at radius 1 is 1.33 bits per heavy atom. The highest BCUT2D eigenvalue weighted by molar-refractivity contribution is 5.77. The Morgan fingerprint density at radius 3 is 2.70 bits per heavy atom. The molecule has 0 bridgehead atoms. The number of carboxylic acid groups (broad SMARTS) is 1. The Morgan fingerprint density at radius 2 is 2.07 bits per heavy atom. The van der Waals surface area contributed by atoms with Crippen LogP contribution >= 0.6 is 0 Å². The Kier molecular flexibility index (Phi) is 6.37. The van der Waals surface area contributed by atoms with Gasteiger partial charge in [-0.05, 0) is 55.2 Å². The number of ether oxygens (including phenoxy) is 1. The number of carbonyl (C=O) groups is 2. The molecule has 27 heavy (non-hydrogen) atoms. The van der Waals surface area contributed by atoms with E-state index < -0.39 is 5.97 Å². The normalized spacial score (nSPS) is 22.8. The van der Waals surface area contributed by atoms with E-state index in [1.165, 1.54) is 12.8 Å². The van der Waals surface area contributed by atoms with Crippen LogP contribution in [0.4, 0.5) is 0 Å². The zero-order chi connectivity index (χ0) is 19.4. The summed E-state index contributed by atoms with van der Waals surface area (Å²) >= 11 is 0. The molecule has 0 radical (unpaired) electrons. The number of aliphatic carboxylic acids is 1. The molecule has 0 spiro atoms. The van der Waals surface area contributed by atoms with Gasteiger partial charge in [-0.3, -0.25) is 14.5 Å². The maximum Gasteiger partial charge on any atom is 0.317 e. The highest BCUT2D eigenvalue weighted by atomic mass is 16.5. The van der Waals surface area contributed by atoms with Crippen LogP contribution in [0, 0.1) is 5.92 Å². The Bertz CT molecular complexity index is 668. The number of rotatable bonds is 10. The third-order valence-electron chi connectivity index (χ3n) is 5.68. The number of hydrogen-bond acceptors (Lipinski definition) is 4. The average Bonchev–Trinajstić information content (AvgIpc) is 3.40. The molecule has 1 atom stereocenters. The lowest BCUT2D eigenvalue weighted by Gasteiger charge is -2.42. The van der Waals surface area contributed by atoms with E-state index in [2.05, 4.69) is 10.2 Å². The molecular formula is C21H30N2O4. The van der Waals surface area contributed by atoms with Crippen molar-refractivity contribution in [2.24, 2.45) is 5.92 Å². The van der Waals surface area contributed by atoms with Crippen LogP contribution in [-0.4, -0.2) is 54.2 Å². The zero-order valence-corrected chi connectivity index (χ0v) is 16.2. The monoisotopic (exact) mass is 374 g/mol. The van der Waals surface area contributed by atoms with Crippen molar-refractivity contribution in [3.63, 3.8) is 0 Å². The van der Waals surface area contributed by atoms with E-state index in [4.69, 9.17) is 9.84 Å². The van der Waals surface area contributed by atoms with E-state index >= 15 is 0 Å². The molecule has 148 valence electrons. The first-order valence-corrected chi connectivity index (χ1v) is 9.83. The van der Waals surface area contributed by atoms with Gasteiger partial charge in [0.25, 0.3) is 0 Å². The highest BCUT2D eigenvalue weighted by Gasteiger charge is 2.37. The van der Waals surface area contributed by atoms with Gasteiger partial charge in [0.05, 0.1) is 13.7 Å². The maximum atomic E-state index is 12.4. The van der Waals surface area contributed by atoms with E-state index in [0.29, 0.717) is 12.3 Å². The quantitative estimate of drug-likeness (QED) is 0.658. The van der Waals surface area contributed by atoms with E-state index in [-0.39, 0.29) is 30.5 Å². The maximum absolute atomic E-state index is 12.4. The van der Waals surface area contributed by atoms with Crippen molar-refractivity contribution in [3.8, 4) is 5.75 Å². The van der Waals surface area contributed by atoms with Crippen LogP contribution in [0.2, 0.25) is 0 Å². The van der Waals surface area contributed by atoms with Crippen LogP contribution in [-0.2, 0) is 9.59 Å². The van der Waals surface area contributed by atoms with Gasteiger partial charge in [-0.15, -0.1) is 0 Å². The summed E-state index contributed by atoms with van der Waals surface area (Å²) in [5, 5.41) is 12.2. The molecule has 3 rings (SSSR count). The lowest BCUT2D eigenvalue weighted by Crippen LogP contribution is -2.55. The fourth-order valence-corrected chi connectivity index (χ4v) is 3.78. The molecule has 2 fully saturated rings. The molecule has 6 nitrogen and oxygen atoms in total. The number of benzene rings is 1. The molecule has 2 N–H and O–H groups in total. The van der Waals surface area contributed by atoms with Gasteiger partial charge in [-0.2, -0.15) is 0 Å². The van der Waals surface area contributed by atoms with Crippen molar-refractivity contribution in [2.75, 3.05) is 20.2 Å². The third-order valence-corrected chi connectivity index (χ3v) is 5.68. The van der Waals surface area contributed by atoms with Crippen LogP contribution in [0.15, 0.2) is 24.3 Å². The van der Waals surface area contributed by atoms with E-state index in [9.17, 15) is 9.59 Å². The molecule has 1 unspecified atom stereocenters. The molecule has 1 amide bonds. The van der Waals surface area contributed by atoms with Crippen LogP contribution in [0.25, 0.3) is 0 Å². The van der Waals surface area contributed by atoms with Crippen molar-refractivity contribution in [2.45, 2.75) is 57.0 Å². The van der Waals surface area contributed by atoms with Gasteiger partial charge >= 0.3 is 5.97 Å². The summed E-state index contributed by atoms with van der Waals surface area (Å²) in [6.07, 6.45) is 4.56. The van der Waals surface area contributed by atoms with E-state index in [1.807, 2.05) is 31.2 Å². The topological polar surface area (TPSA) is 78.9 Å². The molecule has 2 saturated carbocycles. The predicted molar refractivity (Wildman–Crippen MR) is 103 cm³/mol. The summed E-state index contributed by atoms with van der Waals surface area (Å²) in [4.78, 5) is 25.6. The molecule has 1 aromatic carbocycles. The van der Waals surface area contributed by atoms with Crippen LogP contribution in [0.1, 0.15) is 50.5 Å². The summed E-state index contributed by atoms with van der Waals surface area (Å²) in [5.74, 6) is 0.878. The first-order chi connectivity index (χ1) is 12.9. The second-order valence-corrected chi connectivity index (χ2v) is 8.04. The zero-order valence-electron chi connectivity index (χ0n) is 16.2. The summed E-state index contributed by atoms with van der Waals surface area (Å²) < 4.78 is 5.25. The highest BCUT2D eigenvalue weighted by Crippen LogP contribution is 2.34. The van der Waals surface area contributed by atoms with Crippen molar-refractivity contribution in [1.82, 2.24) is 10.2 Å². The van der Waals surface area contributed by atoms with Gasteiger partial charge in [0.2, 0.25) is 5.91 Å². The fraction of sp³-hybridized carbons (Fsp3) is 0.619. The standard InChI is InChI=1S/C21H30N2O4/c1-14(16-4-3-5-19(9-16)27-2)8-20(24)22-17-10-18(11-17)23(13-21(25)26)12-15-6-7-15/h3-5,9,14-15,17-18H,6-8,10-13H2,1-2H3,(H,22,24)(H,25,26). The van der Waals surface area contributed by atoms with Gasteiger partial charge in [0.1, 0.15) is 5.75 Å². The smallest absolute Gasteiger partial charge is 0.317 e. The Balaban J connectivity index is 1.43. The molecule has 0 heterocycles. The first kappa shape index (κ1) is 19.7. The lowest BCUT2D eigenvalue weighted by molar-refractivity contribution is -0.140. The van der Waals surface area contributed by atoms with Crippen LogP contribution in [0.3, 0.4) is 0 Å². The average molecular weight is 374 g/mol. The van der Waals surface area contributed by atoms with Crippen molar-refractivity contribution in [1.29, 1.82) is 0 Å².